The maximum atomic E-state index is 13.3. The molecule has 0 radical (unpaired) electrons. The molecule has 4 atom stereocenters. The summed E-state index contributed by atoms with van der Waals surface area (Å²) in [6, 6.07) is 19.0. The van der Waals surface area contributed by atoms with Crippen LogP contribution in [-0.4, -0.2) is 35.9 Å². The Morgan fingerprint density at radius 3 is 2.52 bits per heavy atom. The highest BCUT2D eigenvalue weighted by atomic mass is 16.2. The van der Waals surface area contributed by atoms with Gasteiger partial charge in [0.15, 0.2) is 0 Å². The Kier molecular flexibility index (Phi) is 7.69. The number of likely N-dealkylation sites (tertiary alicyclic amines) is 1. The summed E-state index contributed by atoms with van der Waals surface area (Å²) in [5.74, 6) is 1.57. The first-order chi connectivity index (χ1) is 16.0. The van der Waals surface area contributed by atoms with Gasteiger partial charge in [-0.05, 0) is 54.9 Å². The molecule has 1 saturated carbocycles. The highest BCUT2D eigenvalue weighted by molar-refractivity contribution is 5.86. The van der Waals surface area contributed by atoms with E-state index in [-0.39, 0.29) is 23.9 Å². The van der Waals surface area contributed by atoms with Crippen LogP contribution in [0.15, 0.2) is 59.6 Å². The topological polar surface area (TPSA) is 70.7 Å². The molecule has 2 fully saturated rings. The number of nitrogens with one attached hydrogen (secondary N) is 1. The summed E-state index contributed by atoms with van der Waals surface area (Å²) in [7, 11) is 0. The van der Waals surface area contributed by atoms with Crippen molar-refractivity contribution in [3.63, 3.8) is 0 Å². The van der Waals surface area contributed by atoms with E-state index < -0.39 is 0 Å². The number of nitrogens with zero attached hydrogens (tertiary/aromatic N) is 2. The quantitative estimate of drug-likeness (QED) is 0.461. The summed E-state index contributed by atoms with van der Waals surface area (Å²) in [6.45, 7) is 5.78. The summed E-state index contributed by atoms with van der Waals surface area (Å²) < 4.78 is 0. The number of urea groups is 1. The number of aliphatic imine (C=N–C) groups is 1. The van der Waals surface area contributed by atoms with Crippen molar-refractivity contribution in [3.8, 4) is 0 Å². The highest BCUT2D eigenvalue weighted by Gasteiger charge is 2.34. The first kappa shape index (κ1) is 23.3. The Labute approximate surface area is 198 Å². The van der Waals surface area contributed by atoms with Gasteiger partial charge in [0.2, 0.25) is 0 Å². The van der Waals surface area contributed by atoms with E-state index >= 15 is 0 Å². The molecule has 2 aromatic rings. The molecule has 5 nitrogen and oxygen atoms in total. The van der Waals surface area contributed by atoms with Crippen LogP contribution in [0.3, 0.4) is 0 Å². The lowest BCUT2D eigenvalue weighted by Gasteiger charge is -2.39. The van der Waals surface area contributed by atoms with Crippen LogP contribution < -0.4 is 11.1 Å². The van der Waals surface area contributed by atoms with Crippen molar-refractivity contribution < 1.29 is 4.79 Å². The minimum absolute atomic E-state index is 0.0332. The third-order valence-corrected chi connectivity index (χ3v) is 7.29. The van der Waals surface area contributed by atoms with Crippen LogP contribution >= 0.6 is 0 Å². The van der Waals surface area contributed by atoms with E-state index in [1.807, 2.05) is 35.2 Å². The molecule has 1 aliphatic heterocycles. The molecule has 3 N–H and O–H groups in total. The van der Waals surface area contributed by atoms with E-state index in [0.717, 1.165) is 31.4 Å². The van der Waals surface area contributed by atoms with E-state index in [4.69, 9.17) is 10.7 Å². The van der Waals surface area contributed by atoms with Gasteiger partial charge in [0, 0.05) is 31.0 Å². The van der Waals surface area contributed by atoms with Crippen LogP contribution in [0, 0.1) is 11.8 Å². The molecule has 2 amide bonds. The number of benzene rings is 2. The van der Waals surface area contributed by atoms with E-state index in [9.17, 15) is 4.79 Å². The standard InChI is InChI=1S/C28H38N4O/c1-3-21-12-14-22(15-13-21)23-17-24(27(29)30-25-9-5-4-6-10-25)19-32(18-23)28(33)31-26-11-7-8-20(2)16-26/h4-6,9-10,12-15,20,23-24,26H,3,7-8,11,16-19H2,1-2H3,(H2,29,30)(H,31,33). The lowest BCUT2D eigenvalue weighted by Crippen LogP contribution is -2.52. The van der Waals surface area contributed by atoms with Crippen LogP contribution in [0.25, 0.3) is 0 Å². The van der Waals surface area contributed by atoms with Gasteiger partial charge in [-0.2, -0.15) is 0 Å². The van der Waals surface area contributed by atoms with E-state index in [1.165, 1.54) is 24.0 Å². The van der Waals surface area contributed by atoms with Crippen LogP contribution in [-0.2, 0) is 6.42 Å². The first-order valence-electron chi connectivity index (χ1n) is 12.5. The predicted molar refractivity (Wildman–Crippen MR) is 136 cm³/mol. The zero-order chi connectivity index (χ0) is 23.2. The zero-order valence-electron chi connectivity index (χ0n) is 20.0. The monoisotopic (exact) mass is 446 g/mol. The Bertz CT molecular complexity index is 940. The van der Waals surface area contributed by atoms with Crippen LogP contribution in [0.1, 0.15) is 63.0 Å². The van der Waals surface area contributed by atoms with Crippen molar-refractivity contribution in [1.82, 2.24) is 10.2 Å². The number of hydrogen-bond acceptors (Lipinski definition) is 2. The SMILES string of the molecule is CCc1ccc(C2CC(C(N)=Nc3ccccc3)CN(C(=O)NC3CCCC(C)C3)C2)cc1. The van der Waals surface area contributed by atoms with Gasteiger partial charge in [0.25, 0.3) is 0 Å². The van der Waals surface area contributed by atoms with Gasteiger partial charge in [-0.3, -0.25) is 0 Å². The van der Waals surface area contributed by atoms with Gasteiger partial charge >= 0.3 is 6.03 Å². The second-order valence-electron chi connectivity index (χ2n) is 9.92. The van der Waals surface area contributed by atoms with Crippen LogP contribution in [0.2, 0.25) is 0 Å². The number of hydrogen-bond donors (Lipinski definition) is 2. The van der Waals surface area contributed by atoms with Gasteiger partial charge < -0.3 is 16.0 Å². The molecule has 0 spiro atoms. The van der Waals surface area contributed by atoms with Gasteiger partial charge in [-0.25, -0.2) is 9.79 Å². The maximum Gasteiger partial charge on any atom is 0.317 e. The molecule has 0 aromatic heterocycles. The van der Waals surface area contributed by atoms with Gasteiger partial charge in [0.1, 0.15) is 5.84 Å². The number of rotatable bonds is 5. The number of carbonyl (C=O) groups excluding carboxylic acids is 1. The summed E-state index contributed by atoms with van der Waals surface area (Å²) in [5, 5.41) is 3.32. The first-order valence-corrected chi connectivity index (χ1v) is 12.5. The minimum Gasteiger partial charge on any atom is -0.387 e. The average Bonchev–Trinajstić information content (AvgIpc) is 2.84. The molecule has 176 valence electrons. The summed E-state index contributed by atoms with van der Waals surface area (Å²) in [5.41, 5.74) is 9.98. The fourth-order valence-electron chi connectivity index (χ4n) is 5.32. The van der Waals surface area contributed by atoms with Crippen molar-refractivity contribution >= 4 is 17.6 Å². The van der Waals surface area contributed by atoms with E-state index in [2.05, 4.69) is 43.4 Å². The fourth-order valence-corrected chi connectivity index (χ4v) is 5.32. The van der Waals surface area contributed by atoms with Crippen molar-refractivity contribution in [2.45, 2.75) is 64.3 Å². The number of para-hydroxylation sites is 1. The molecule has 33 heavy (non-hydrogen) atoms. The molecular weight excluding hydrogens is 408 g/mol. The van der Waals surface area contributed by atoms with Crippen molar-refractivity contribution in [2.24, 2.45) is 22.6 Å². The lowest BCUT2D eigenvalue weighted by molar-refractivity contribution is 0.161. The van der Waals surface area contributed by atoms with Gasteiger partial charge in [-0.1, -0.05) is 69.2 Å². The third-order valence-electron chi connectivity index (χ3n) is 7.29. The molecule has 2 aromatic carbocycles. The zero-order valence-corrected chi connectivity index (χ0v) is 20.0. The largest absolute Gasteiger partial charge is 0.387 e. The summed E-state index contributed by atoms with van der Waals surface area (Å²) in [4.78, 5) is 20.0. The van der Waals surface area contributed by atoms with Gasteiger partial charge in [0.05, 0.1) is 5.69 Å². The normalized spacial score (nSPS) is 26.1. The second-order valence-corrected chi connectivity index (χ2v) is 9.92. The number of carbonyl (C=O) groups is 1. The smallest absolute Gasteiger partial charge is 0.317 e. The summed E-state index contributed by atoms with van der Waals surface area (Å²) >= 11 is 0. The molecule has 0 bridgehead atoms. The number of aryl methyl sites for hydroxylation is 1. The molecule has 5 heteroatoms. The third kappa shape index (κ3) is 6.16. The maximum absolute atomic E-state index is 13.3. The Morgan fingerprint density at radius 2 is 1.82 bits per heavy atom. The van der Waals surface area contributed by atoms with Crippen molar-refractivity contribution in [2.75, 3.05) is 13.1 Å². The molecule has 1 saturated heterocycles. The summed E-state index contributed by atoms with van der Waals surface area (Å²) in [6.07, 6.45) is 6.53. The second kappa shape index (κ2) is 10.9. The van der Waals surface area contributed by atoms with Crippen molar-refractivity contribution in [1.29, 1.82) is 0 Å². The molecule has 2 aliphatic rings. The molecular formula is C28H38N4O. The minimum atomic E-state index is 0.0332. The number of piperidine rings is 1. The van der Waals surface area contributed by atoms with E-state index in [1.54, 1.807) is 0 Å². The van der Waals surface area contributed by atoms with Crippen LogP contribution in [0.4, 0.5) is 10.5 Å². The lowest BCUT2D eigenvalue weighted by atomic mass is 9.83. The fraction of sp³-hybridized carbons (Fsp3) is 0.500. The molecule has 4 rings (SSSR count). The molecule has 1 aliphatic carbocycles. The van der Waals surface area contributed by atoms with Crippen LogP contribution in [0.5, 0.6) is 0 Å². The number of nitrogens with two attached hydrogens (primary N) is 1. The van der Waals surface area contributed by atoms with Crippen molar-refractivity contribution in [3.05, 3.63) is 65.7 Å². The average molecular weight is 447 g/mol. The molecule has 1 heterocycles. The van der Waals surface area contributed by atoms with E-state index in [0.29, 0.717) is 24.8 Å². The number of amides is 2. The highest BCUT2D eigenvalue weighted by Crippen LogP contribution is 2.32. The molecule has 4 unspecified atom stereocenters. The Morgan fingerprint density at radius 1 is 1.06 bits per heavy atom. The number of amidine groups is 1. The van der Waals surface area contributed by atoms with Gasteiger partial charge in [-0.15, -0.1) is 0 Å². The Hall–Kier alpha value is -2.82. The Balaban J connectivity index is 1.53. The predicted octanol–water partition coefficient (Wildman–Crippen LogP) is 5.63.